The first-order valence-corrected chi connectivity index (χ1v) is 16.5. The summed E-state index contributed by atoms with van der Waals surface area (Å²) in [6.07, 6.45) is 25.6. The molecule has 0 aromatic heterocycles. The van der Waals surface area contributed by atoms with Gasteiger partial charge in [-0.25, -0.2) is 0 Å². The number of hydrogen-bond acceptors (Lipinski definition) is 0. The average molecular weight is 481 g/mol. The van der Waals surface area contributed by atoms with Gasteiger partial charge in [0.2, 0.25) is 0 Å². The van der Waals surface area contributed by atoms with Gasteiger partial charge in [-0.1, -0.05) is 159 Å². The van der Waals surface area contributed by atoms with Crippen LogP contribution in [0.15, 0.2) is 0 Å². The lowest BCUT2D eigenvalue weighted by atomic mass is 9.60. The van der Waals surface area contributed by atoms with Gasteiger partial charge in [0, 0.05) is 0 Å². The summed E-state index contributed by atoms with van der Waals surface area (Å²) < 4.78 is 0. The molecule has 3 aliphatic carbocycles. The van der Waals surface area contributed by atoms with Crippen molar-refractivity contribution in [3.63, 3.8) is 0 Å². The van der Waals surface area contributed by atoms with Crippen LogP contribution in [-0.2, 0) is 0 Å². The molecule has 3 fully saturated rings. The molecule has 0 N–H and O–H groups in total. The molecule has 0 atom stereocenters. The van der Waals surface area contributed by atoms with Gasteiger partial charge >= 0.3 is 0 Å². The lowest BCUT2D eigenvalue weighted by Crippen LogP contribution is -2.39. The van der Waals surface area contributed by atoms with Gasteiger partial charge in [-0.15, -0.1) is 0 Å². The van der Waals surface area contributed by atoms with Gasteiger partial charge in [0.1, 0.15) is 0 Å². The third-order valence-corrected chi connectivity index (χ3v) is 8.69. The van der Waals surface area contributed by atoms with E-state index < -0.39 is 0 Å². The summed E-state index contributed by atoms with van der Waals surface area (Å²) >= 11 is 0. The summed E-state index contributed by atoms with van der Waals surface area (Å²) in [6.45, 7) is 22.4. The smallest absolute Gasteiger partial charge is 0.0349 e. The van der Waals surface area contributed by atoms with E-state index >= 15 is 0 Å². The Labute approximate surface area is 220 Å². The van der Waals surface area contributed by atoms with Crippen LogP contribution < -0.4 is 0 Å². The largest absolute Gasteiger partial charge is 0.0654 e. The van der Waals surface area contributed by atoms with Crippen LogP contribution in [0.1, 0.15) is 185 Å². The van der Waals surface area contributed by atoms with Crippen molar-refractivity contribution >= 4 is 0 Å². The molecule has 34 heavy (non-hydrogen) atoms. The van der Waals surface area contributed by atoms with Crippen molar-refractivity contribution in [2.45, 2.75) is 185 Å². The summed E-state index contributed by atoms with van der Waals surface area (Å²) in [4.78, 5) is 0. The average Bonchev–Trinajstić information content (AvgIpc) is 3.45. The van der Waals surface area contributed by atoms with Crippen molar-refractivity contribution < 1.29 is 0 Å². The molecule has 0 unspecified atom stereocenters. The molecular weight excluding hydrogens is 408 g/mol. The molecule has 3 aliphatic rings. The van der Waals surface area contributed by atoms with Crippen LogP contribution in [0.3, 0.4) is 0 Å². The molecular formula is C34H72. The quantitative estimate of drug-likeness (QED) is 0.273. The van der Waals surface area contributed by atoms with Crippen LogP contribution in [0, 0.1) is 35.5 Å². The van der Waals surface area contributed by atoms with Crippen molar-refractivity contribution in [3.05, 3.63) is 0 Å². The van der Waals surface area contributed by atoms with Gasteiger partial charge < -0.3 is 0 Å². The van der Waals surface area contributed by atoms with E-state index in [1.807, 2.05) is 0 Å². The van der Waals surface area contributed by atoms with E-state index in [9.17, 15) is 0 Å². The molecule has 0 saturated heterocycles. The van der Waals surface area contributed by atoms with Crippen LogP contribution in [0.2, 0.25) is 0 Å². The molecule has 0 nitrogen and oxygen atoms in total. The van der Waals surface area contributed by atoms with Crippen molar-refractivity contribution in [2.24, 2.45) is 35.5 Å². The van der Waals surface area contributed by atoms with E-state index in [0.29, 0.717) is 0 Å². The van der Waals surface area contributed by atoms with E-state index in [1.165, 1.54) is 114 Å². The molecule has 208 valence electrons. The van der Waals surface area contributed by atoms with E-state index in [4.69, 9.17) is 0 Å². The minimum atomic E-state index is 1.11. The number of unbranched alkanes of at least 4 members (excludes halogenated alkanes) is 8. The normalized spacial score (nSPS) is 27.7. The molecule has 0 radical (unpaired) electrons. The first-order chi connectivity index (χ1) is 16.5. The Kier molecular flexibility index (Phi) is 27.7. The Morgan fingerprint density at radius 1 is 0.324 bits per heavy atom. The second kappa shape index (κ2) is 26.1. The Hall–Kier alpha value is 0. The molecule has 0 heterocycles. The summed E-state index contributed by atoms with van der Waals surface area (Å²) in [7, 11) is 0. The van der Waals surface area contributed by atoms with Gasteiger partial charge in [-0.05, 0) is 61.2 Å². The van der Waals surface area contributed by atoms with Gasteiger partial charge in [-0.2, -0.15) is 0 Å². The second-order valence-corrected chi connectivity index (χ2v) is 11.6. The number of rotatable bonds is 10. The van der Waals surface area contributed by atoms with Crippen LogP contribution >= 0.6 is 0 Å². The highest BCUT2D eigenvalue weighted by Gasteiger charge is 2.57. The number of hydrogen-bond donors (Lipinski definition) is 0. The van der Waals surface area contributed by atoms with Crippen molar-refractivity contribution in [1.29, 1.82) is 0 Å². The van der Waals surface area contributed by atoms with E-state index in [-0.39, 0.29) is 0 Å². The van der Waals surface area contributed by atoms with Crippen LogP contribution in [0.5, 0.6) is 0 Å². The zero-order valence-corrected chi connectivity index (χ0v) is 26.2. The molecule has 3 saturated carbocycles. The highest BCUT2D eigenvalue weighted by Crippen LogP contribution is 2.65. The van der Waals surface area contributed by atoms with Crippen LogP contribution in [0.4, 0.5) is 0 Å². The van der Waals surface area contributed by atoms with Gasteiger partial charge in [0.25, 0.3) is 0 Å². The zero-order chi connectivity index (χ0) is 26.2. The topological polar surface area (TPSA) is 0 Å². The Morgan fingerprint density at radius 3 is 0.647 bits per heavy atom. The van der Waals surface area contributed by atoms with Crippen molar-refractivity contribution in [2.75, 3.05) is 0 Å². The fourth-order valence-corrected chi connectivity index (χ4v) is 5.92. The van der Waals surface area contributed by atoms with Crippen molar-refractivity contribution in [1.82, 2.24) is 0 Å². The van der Waals surface area contributed by atoms with E-state index in [1.54, 1.807) is 25.7 Å². The van der Waals surface area contributed by atoms with Gasteiger partial charge in [0.05, 0.1) is 0 Å². The maximum Gasteiger partial charge on any atom is -0.0349 e. The van der Waals surface area contributed by atoms with E-state index in [2.05, 4.69) is 69.2 Å². The summed E-state index contributed by atoms with van der Waals surface area (Å²) in [5.74, 6) is 6.94. The molecule has 0 aromatic carbocycles. The summed E-state index contributed by atoms with van der Waals surface area (Å²) in [6, 6.07) is 0. The number of fused-ring (bicyclic) bond motifs is 4. The molecule has 0 heteroatoms. The van der Waals surface area contributed by atoms with Gasteiger partial charge in [0.15, 0.2) is 0 Å². The maximum absolute atomic E-state index is 2.39. The fraction of sp³-hybridized carbons (Fsp3) is 1.00. The Balaban J connectivity index is 0. The third-order valence-electron chi connectivity index (χ3n) is 8.69. The lowest BCUT2D eigenvalue weighted by Gasteiger charge is -2.45. The monoisotopic (exact) mass is 481 g/mol. The predicted octanol–water partition coefficient (Wildman–Crippen LogP) is 12.9. The highest BCUT2D eigenvalue weighted by molar-refractivity contribution is 5.06. The zero-order valence-electron chi connectivity index (χ0n) is 26.2. The molecule has 0 aliphatic heterocycles. The third kappa shape index (κ3) is 15.9. The first kappa shape index (κ1) is 36.2. The minimum absolute atomic E-state index is 1.11. The molecule has 0 amide bonds. The standard InChI is InChI=1S/C14H24.2C6H14.2C4H10/c1-3-9-5-11-12(6-9)14-8-10(4-2)7-13(11)14;2*1-3-5-6-4-2;2*1-3-4-2/h9-14H,3-8H2,1-2H3;2*3-6H2,1-2H3;2*3-4H2,1-2H3. The predicted molar refractivity (Wildman–Crippen MR) is 161 cm³/mol. The summed E-state index contributed by atoms with van der Waals surface area (Å²) in [5.41, 5.74) is 0. The lowest BCUT2D eigenvalue weighted by molar-refractivity contribution is 0.0302. The highest BCUT2D eigenvalue weighted by atomic mass is 14.6. The van der Waals surface area contributed by atoms with Gasteiger partial charge in [-0.3, -0.25) is 0 Å². The minimum Gasteiger partial charge on any atom is -0.0654 e. The molecule has 0 spiro atoms. The molecule has 0 aromatic rings. The first-order valence-electron chi connectivity index (χ1n) is 16.5. The van der Waals surface area contributed by atoms with E-state index in [0.717, 1.165) is 11.8 Å². The summed E-state index contributed by atoms with van der Waals surface area (Å²) in [5, 5.41) is 0. The Morgan fingerprint density at radius 2 is 0.529 bits per heavy atom. The Bertz CT molecular complexity index is 296. The molecule has 3 rings (SSSR count). The fourth-order valence-electron chi connectivity index (χ4n) is 5.92. The maximum atomic E-state index is 2.39. The van der Waals surface area contributed by atoms with Crippen LogP contribution in [0.25, 0.3) is 0 Å². The SMILES string of the molecule is CCC1CC2C(C1)C1CC(CC)CC21.CCCC.CCCC.CCCCCC.CCCCCC. The second-order valence-electron chi connectivity index (χ2n) is 11.6. The molecule has 0 bridgehead atoms. The van der Waals surface area contributed by atoms with Crippen LogP contribution in [-0.4, -0.2) is 0 Å². The van der Waals surface area contributed by atoms with Crippen molar-refractivity contribution in [3.8, 4) is 0 Å².